The summed E-state index contributed by atoms with van der Waals surface area (Å²) >= 11 is 6.01. The van der Waals surface area contributed by atoms with Gasteiger partial charge in [0.05, 0.1) is 5.02 Å². The minimum absolute atomic E-state index is 0.239. The molecule has 0 spiro atoms. The summed E-state index contributed by atoms with van der Waals surface area (Å²) in [7, 11) is 0. The maximum absolute atomic E-state index is 12.4. The van der Waals surface area contributed by atoms with Gasteiger partial charge in [0.1, 0.15) is 23.5 Å². The Kier molecular flexibility index (Phi) is 5.65. The maximum atomic E-state index is 12.4. The lowest BCUT2D eigenvalue weighted by molar-refractivity contribution is -0.140. The number of alkyl halides is 3. The molecule has 1 unspecified atom stereocenters. The van der Waals surface area contributed by atoms with Crippen LogP contribution in [0.5, 0.6) is 0 Å². The molecular formula is C18H18ClF3N6O. The molecule has 3 heterocycles. The molecule has 11 heteroatoms. The third-order valence-corrected chi connectivity index (χ3v) is 4.66. The van der Waals surface area contributed by atoms with Gasteiger partial charge in [0, 0.05) is 29.5 Å². The number of carbonyl (C=O) groups is 1. The van der Waals surface area contributed by atoms with Crippen molar-refractivity contribution >= 4 is 34.4 Å². The van der Waals surface area contributed by atoms with E-state index in [0.717, 1.165) is 5.39 Å². The van der Waals surface area contributed by atoms with Gasteiger partial charge in [0.15, 0.2) is 5.82 Å². The van der Waals surface area contributed by atoms with Gasteiger partial charge in [-0.25, -0.2) is 15.0 Å². The van der Waals surface area contributed by atoms with Crippen LogP contribution in [-0.2, 0) is 4.79 Å². The fourth-order valence-corrected chi connectivity index (χ4v) is 2.84. The van der Waals surface area contributed by atoms with Crippen LogP contribution in [0.15, 0.2) is 30.7 Å². The van der Waals surface area contributed by atoms with Gasteiger partial charge in [-0.3, -0.25) is 4.79 Å². The second-order valence-corrected chi connectivity index (χ2v) is 7.06. The van der Waals surface area contributed by atoms with Gasteiger partial charge in [-0.15, -0.1) is 0 Å². The highest BCUT2D eigenvalue weighted by Crippen LogP contribution is 2.28. The summed E-state index contributed by atoms with van der Waals surface area (Å²) in [6.45, 7) is 1.80. The summed E-state index contributed by atoms with van der Waals surface area (Å²) in [5.41, 5.74) is -0.0308. The Bertz CT molecular complexity index is 1040. The second-order valence-electron chi connectivity index (χ2n) is 6.63. The van der Waals surface area contributed by atoms with E-state index in [-0.39, 0.29) is 6.42 Å². The number of halogens is 4. The molecule has 3 aromatic heterocycles. The molecule has 0 aromatic carbocycles. The lowest BCUT2D eigenvalue weighted by Crippen LogP contribution is -2.52. The summed E-state index contributed by atoms with van der Waals surface area (Å²) in [5.74, 6) is -0.133. The Balaban J connectivity index is 1.86. The van der Waals surface area contributed by atoms with Crippen LogP contribution in [-0.4, -0.2) is 44.1 Å². The molecule has 1 atom stereocenters. The number of anilines is 1. The molecule has 0 bridgehead atoms. The summed E-state index contributed by atoms with van der Waals surface area (Å²) in [6, 6.07) is 3.26. The van der Waals surface area contributed by atoms with E-state index >= 15 is 0 Å². The van der Waals surface area contributed by atoms with Crippen LogP contribution in [0.1, 0.15) is 20.3 Å². The molecule has 3 rings (SSSR count). The highest BCUT2D eigenvalue weighted by molar-refractivity contribution is 6.31. The first-order valence-electron chi connectivity index (χ1n) is 8.70. The average molecular weight is 427 g/mol. The zero-order valence-corrected chi connectivity index (χ0v) is 16.3. The van der Waals surface area contributed by atoms with Crippen molar-refractivity contribution in [3.63, 3.8) is 0 Å². The van der Waals surface area contributed by atoms with Crippen LogP contribution < -0.4 is 10.6 Å². The van der Waals surface area contributed by atoms with E-state index in [1.54, 1.807) is 19.2 Å². The third kappa shape index (κ3) is 4.76. The molecule has 0 radical (unpaired) electrons. The number of carbonyl (C=O) groups excluding carboxylic acids is 1. The molecule has 0 aliphatic heterocycles. The van der Waals surface area contributed by atoms with Crippen molar-refractivity contribution < 1.29 is 18.0 Å². The fraction of sp³-hybridized carbons (Fsp3) is 0.333. The quantitative estimate of drug-likeness (QED) is 0.555. The lowest BCUT2D eigenvalue weighted by Gasteiger charge is -2.29. The number of hydrogen-bond acceptors (Lipinski definition) is 5. The van der Waals surface area contributed by atoms with Crippen LogP contribution in [0.4, 0.5) is 19.0 Å². The van der Waals surface area contributed by atoms with Gasteiger partial charge in [0.25, 0.3) is 0 Å². The largest absolute Gasteiger partial charge is 0.405 e. The van der Waals surface area contributed by atoms with Crippen LogP contribution >= 0.6 is 11.6 Å². The molecule has 0 aliphatic rings. The smallest absolute Gasteiger partial charge is 0.356 e. The number of H-pyrrole nitrogens is 1. The molecule has 3 aromatic rings. The molecule has 0 saturated heterocycles. The molecular weight excluding hydrogens is 409 g/mol. The molecule has 0 fully saturated rings. The van der Waals surface area contributed by atoms with Gasteiger partial charge >= 0.3 is 6.18 Å². The van der Waals surface area contributed by atoms with E-state index in [1.807, 2.05) is 5.32 Å². The molecule has 0 saturated carbocycles. The Morgan fingerprint density at radius 2 is 2.07 bits per heavy atom. The summed E-state index contributed by atoms with van der Waals surface area (Å²) in [5, 5.41) is 6.00. The number of nitrogens with one attached hydrogen (secondary N) is 3. The zero-order valence-electron chi connectivity index (χ0n) is 15.6. The number of hydrogen-bond donors (Lipinski definition) is 3. The first-order valence-corrected chi connectivity index (χ1v) is 9.08. The highest BCUT2D eigenvalue weighted by Gasteiger charge is 2.35. The Morgan fingerprint density at radius 3 is 2.76 bits per heavy atom. The number of pyridine rings is 1. The summed E-state index contributed by atoms with van der Waals surface area (Å²) < 4.78 is 37.3. The van der Waals surface area contributed by atoms with E-state index in [0.29, 0.717) is 27.9 Å². The van der Waals surface area contributed by atoms with Crippen LogP contribution in [0.25, 0.3) is 22.4 Å². The van der Waals surface area contributed by atoms with E-state index in [9.17, 15) is 18.0 Å². The van der Waals surface area contributed by atoms with Gasteiger partial charge in [-0.1, -0.05) is 18.5 Å². The SMILES string of the molecule is CCC(C)(Nc1ccnc(-c2c[nH]c3ncc(Cl)cc23)n1)C(=O)NCC(F)(F)F. The maximum Gasteiger partial charge on any atom is 0.405 e. The van der Waals surface area contributed by atoms with E-state index in [2.05, 4.69) is 25.3 Å². The van der Waals surface area contributed by atoms with Crippen molar-refractivity contribution in [2.45, 2.75) is 32.0 Å². The highest BCUT2D eigenvalue weighted by atomic mass is 35.5. The van der Waals surface area contributed by atoms with Crippen molar-refractivity contribution in [2.24, 2.45) is 0 Å². The monoisotopic (exact) mass is 426 g/mol. The normalized spacial score (nSPS) is 13.9. The van der Waals surface area contributed by atoms with Crippen LogP contribution in [0.2, 0.25) is 5.02 Å². The Labute approximate surface area is 169 Å². The zero-order chi connectivity index (χ0) is 21.2. The van der Waals surface area contributed by atoms with Gasteiger partial charge in [-0.05, 0) is 25.5 Å². The average Bonchev–Trinajstić information content (AvgIpc) is 3.08. The van der Waals surface area contributed by atoms with Gasteiger partial charge < -0.3 is 15.6 Å². The van der Waals surface area contributed by atoms with Gasteiger partial charge in [-0.2, -0.15) is 13.2 Å². The Hall–Kier alpha value is -2.88. The number of fused-ring (bicyclic) bond motifs is 1. The van der Waals surface area contributed by atoms with Crippen molar-refractivity contribution in [3.05, 3.63) is 35.7 Å². The predicted octanol–water partition coefficient (Wildman–Crippen LogP) is 3.93. The number of amides is 1. The van der Waals surface area contributed by atoms with Crippen LogP contribution in [0.3, 0.4) is 0 Å². The van der Waals surface area contributed by atoms with E-state index in [1.165, 1.54) is 25.4 Å². The molecule has 7 nitrogen and oxygen atoms in total. The number of nitrogens with zero attached hydrogens (tertiary/aromatic N) is 3. The minimum atomic E-state index is -4.49. The topological polar surface area (TPSA) is 95.6 Å². The van der Waals surface area contributed by atoms with E-state index in [4.69, 9.17) is 11.6 Å². The predicted molar refractivity (Wildman–Crippen MR) is 104 cm³/mol. The lowest BCUT2D eigenvalue weighted by atomic mass is 9.97. The van der Waals surface area contributed by atoms with Crippen LogP contribution in [0, 0.1) is 0 Å². The standard InChI is InChI=1S/C18H18ClF3N6O/c1-3-17(2,16(29)26-9-18(20,21)22)28-13-4-5-23-15(27-13)12-8-25-14-11(12)6-10(19)7-24-14/h4-8H,3,9H2,1-2H3,(H,24,25)(H,26,29)(H,23,27,28). The summed E-state index contributed by atoms with van der Waals surface area (Å²) in [4.78, 5) is 28.2. The first-order chi connectivity index (χ1) is 13.6. The van der Waals surface area contributed by atoms with E-state index < -0.39 is 24.2 Å². The number of aromatic amines is 1. The second kappa shape index (κ2) is 7.86. The molecule has 3 N–H and O–H groups in total. The van der Waals surface area contributed by atoms with Crippen molar-refractivity contribution in [3.8, 4) is 11.4 Å². The van der Waals surface area contributed by atoms with Gasteiger partial charge in [0.2, 0.25) is 5.91 Å². The molecule has 154 valence electrons. The molecule has 0 aliphatic carbocycles. The van der Waals surface area contributed by atoms with Crippen molar-refractivity contribution in [2.75, 3.05) is 11.9 Å². The third-order valence-electron chi connectivity index (χ3n) is 4.46. The summed E-state index contributed by atoms with van der Waals surface area (Å²) in [6.07, 6.45) is 0.433. The Morgan fingerprint density at radius 1 is 1.31 bits per heavy atom. The van der Waals surface area contributed by atoms with Crippen molar-refractivity contribution in [1.82, 2.24) is 25.3 Å². The first kappa shape index (κ1) is 20.8. The fourth-order valence-electron chi connectivity index (χ4n) is 2.68. The van der Waals surface area contributed by atoms with Crippen molar-refractivity contribution in [1.29, 1.82) is 0 Å². The minimum Gasteiger partial charge on any atom is -0.356 e. The number of rotatable bonds is 6. The molecule has 29 heavy (non-hydrogen) atoms. The molecule has 1 amide bonds. The number of aromatic nitrogens is 4.